The predicted octanol–water partition coefficient (Wildman–Crippen LogP) is 2.49. The molecular weight excluding hydrogens is 254 g/mol. The van der Waals surface area contributed by atoms with Crippen molar-refractivity contribution in [2.24, 2.45) is 0 Å². The molecule has 0 aliphatic carbocycles. The van der Waals surface area contributed by atoms with E-state index in [0.717, 1.165) is 6.42 Å². The Labute approximate surface area is 118 Å². The molecule has 1 atom stereocenters. The second kappa shape index (κ2) is 5.51. The van der Waals surface area contributed by atoms with E-state index in [1.807, 2.05) is 12.1 Å². The summed E-state index contributed by atoms with van der Waals surface area (Å²) >= 11 is 0. The molecule has 1 amide bonds. The predicted molar refractivity (Wildman–Crippen MR) is 74.4 cm³/mol. The molecule has 0 unspecified atom stereocenters. The first-order valence-electron chi connectivity index (χ1n) is 6.70. The number of hydrogen-bond acceptors (Lipinski definition) is 3. The smallest absolute Gasteiger partial charge is 0.256 e. The van der Waals surface area contributed by atoms with Crippen molar-refractivity contribution in [1.29, 1.82) is 0 Å². The van der Waals surface area contributed by atoms with E-state index < -0.39 is 0 Å². The maximum atomic E-state index is 12.1. The van der Waals surface area contributed by atoms with Gasteiger partial charge >= 0.3 is 0 Å². The van der Waals surface area contributed by atoms with Crippen molar-refractivity contribution in [3.8, 4) is 0 Å². The summed E-state index contributed by atoms with van der Waals surface area (Å²) in [7, 11) is 1.79. The number of fused-ring (bicyclic) bond motifs is 1. The minimum atomic E-state index is -0.0405. The van der Waals surface area contributed by atoms with E-state index in [1.165, 1.54) is 23.7 Å². The second-order valence-electron chi connectivity index (χ2n) is 5.10. The average molecular weight is 271 g/mol. The van der Waals surface area contributed by atoms with Crippen molar-refractivity contribution >= 4 is 5.91 Å². The van der Waals surface area contributed by atoms with Crippen LogP contribution in [-0.4, -0.2) is 30.5 Å². The highest BCUT2D eigenvalue weighted by atomic mass is 16.5. The zero-order valence-corrected chi connectivity index (χ0v) is 11.4. The summed E-state index contributed by atoms with van der Waals surface area (Å²) in [5.74, 6) is -0.0405. The number of carbonyl (C=O) groups excluding carboxylic acids is 1. The Balaban J connectivity index is 1.63. The van der Waals surface area contributed by atoms with Gasteiger partial charge in [0.15, 0.2) is 0 Å². The van der Waals surface area contributed by atoms with Crippen molar-refractivity contribution in [3.63, 3.8) is 0 Å². The quantitative estimate of drug-likeness (QED) is 0.861. The molecule has 1 aliphatic rings. The van der Waals surface area contributed by atoms with E-state index >= 15 is 0 Å². The van der Waals surface area contributed by atoms with Crippen molar-refractivity contribution in [1.82, 2.24) is 4.90 Å². The summed E-state index contributed by atoms with van der Waals surface area (Å²) in [6.45, 7) is 1.20. The first kappa shape index (κ1) is 12.9. The molecule has 0 saturated heterocycles. The molecule has 3 rings (SSSR count). The average Bonchev–Trinajstić information content (AvgIpc) is 3.00. The number of ether oxygens (including phenoxy) is 1. The second-order valence-corrected chi connectivity index (χ2v) is 5.10. The Morgan fingerprint density at radius 1 is 1.30 bits per heavy atom. The molecule has 2 aromatic rings. The molecule has 20 heavy (non-hydrogen) atoms. The van der Waals surface area contributed by atoms with Crippen LogP contribution in [-0.2, 0) is 17.8 Å². The van der Waals surface area contributed by atoms with Crippen molar-refractivity contribution in [2.45, 2.75) is 19.1 Å². The fraction of sp³-hybridized carbons (Fsp3) is 0.312. The molecule has 2 heterocycles. The van der Waals surface area contributed by atoms with Crippen LogP contribution >= 0.6 is 0 Å². The molecule has 1 aliphatic heterocycles. The maximum Gasteiger partial charge on any atom is 0.256 e. The Morgan fingerprint density at radius 2 is 2.10 bits per heavy atom. The summed E-state index contributed by atoms with van der Waals surface area (Å²) in [5.41, 5.74) is 3.13. The lowest BCUT2D eigenvalue weighted by molar-refractivity contribution is 0.00983. The maximum absolute atomic E-state index is 12.1. The highest BCUT2D eigenvalue weighted by Crippen LogP contribution is 2.21. The molecule has 0 saturated carbocycles. The number of likely N-dealkylation sites (N-methyl/N-ethyl adjacent to an activating group) is 1. The standard InChI is InChI=1S/C16H17NO3/c1-17(16(18)14-6-7-19-10-14)9-15-8-12-4-2-3-5-13(12)11-20-15/h2-7,10,15H,8-9,11H2,1H3/t15-/m1/s1. The number of furan rings is 1. The first-order valence-corrected chi connectivity index (χ1v) is 6.70. The Morgan fingerprint density at radius 3 is 2.85 bits per heavy atom. The van der Waals surface area contributed by atoms with E-state index in [2.05, 4.69) is 12.1 Å². The summed E-state index contributed by atoms with van der Waals surface area (Å²) in [5, 5.41) is 0. The van der Waals surface area contributed by atoms with E-state index in [4.69, 9.17) is 9.15 Å². The molecule has 0 spiro atoms. The van der Waals surface area contributed by atoms with E-state index in [-0.39, 0.29) is 12.0 Å². The fourth-order valence-corrected chi connectivity index (χ4v) is 2.52. The van der Waals surface area contributed by atoms with Gasteiger partial charge in [0.2, 0.25) is 0 Å². The minimum absolute atomic E-state index is 0.0405. The number of amides is 1. The lowest BCUT2D eigenvalue weighted by Crippen LogP contribution is -2.38. The zero-order valence-electron chi connectivity index (χ0n) is 11.4. The van der Waals surface area contributed by atoms with Gasteiger partial charge in [-0.3, -0.25) is 4.79 Å². The summed E-state index contributed by atoms with van der Waals surface area (Å²) < 4.78 is 10.8. The molecule has 1 aromatic heterocycles. The highest BCUT2D eigenvalue weighted by molar-refractivity contribution is 5.93. The third-order valence-electron chi connectivity index (χ3n) is 3.63. The Bertz CT molecular complexity index is 592. The largest absolute Gasteiger partial charge is 0.472 e. The van der Waals surface area contributed by atoms with E-state index in [0.29, 0.717) is 18.7 Å². The van der Waals surface area contributed by atoms with Crippen molar-refractivity contribution in [2.75, 3.05) is 13.6 Å². The number of carbonyl (C=O) groups is 1. The topological polar surface area (TPSA) is 42.7 Å². The molecule has 0 fully saturated rings. The van der Waals surface area contributed by atoms with Crippen LogP contribution in [0, 0.1) is 0 Å². The molecule has 0 N–H and O–H groups in total. The van der Waals surface area contributed by atoms with E-state index in [1.54, 1.807) is 18.0 Å². The van der Waals surface area contributed by atoms with Crippen LogP contribution < -0.4 is 0 Å². The Kier molecular flexibility index (Phi) is 3.56. The zero-order chi connectivity index (χ0) is 13.9. The van der Waals surface area contributed by atoms with Crippen LogP contribution in [0.4, 0.5) is 0 Å². The van der Waals surface area contributed by atoms with Gasteiger partial charge in [0, 0.05) is 20.0 Å². The van der Waals surface area contributed by atoms with Crippen LogP contribution in [0.5, 0.6) is 0 Å². The van der Waals surface area contributed by atoms with Crippen LogP contribution in [0.1, 0.15) is 21.5 Å². The molecule has 4 nitrogen and oxygen atoms in total. The van der Waals surface area contributed by atoms with Crippen LogP contribution in [0.25, 0.3) is 0 Å². The summed E-state index contributed by atoms with van der Waals surface area (Å²) in [6, 6.07) is 9.96. The number of rotatable bonds is 3. The molecular formula is C16H17NO3. The number of nitrogens with zero attached hydrogens (tertiary/aromatic N) is 1. The minimum Gasteiger partial charge on any atom is -0.472 e. The van der Waals surface area contributed by atoms with Gasteiger partial charge in [0.25, 0.3) is 5.91 Å². The lowest BCUT2D eigenvalue weighted by atomic mass is 9.99. The summed E-state index contributed by atoms with van der Waals surface area (Å²) in [6.07, 6.45) is 3.87. The van der Waals surface area contributed by atoms with Crippen LogP contribution in [0.2, 0.25) is 0 Å². The highest BCUT2D eigenvalue weighted by Gasteiger charge is 2.22. The first-order chi connectivity index (χ1) is 9.74. The van der Waals surface area contributed by atoms with E-state index in [9.17, 15) is 4.79 Å². The van der Waals surface area contributed by atoms with Crippen molar-refractivity contribution < 1.29 is 13.9 Å². The Hall–Kier alpha value is -2.07. The van der Waals surface area contributed by atoms with Gasteiger partial charge in [0.05, 0.1) is 24.5 Å². The van der Waals surface area contributed by atoms with Gasteiger partial charge in [-0.15, -0.1) is 0 Å². The van der Waals surface area contributed by atoms with Crippen molar-refractivity contribution in [3.05, 3.63) is 59.5 Å². The van der Waals surface area contributed by atoms with Gasteiger partial charge in [0.1, 0.15) is 6.26 Å². The van der Waals surface area contributed by atoms with Gasteiger partial charge < -0.3 is 14.1 Å². The van der Waals surface area contributed by atoms with Crippen LogP contribution in [0.3, 0.4) is 0 Å². The third kappa shape index (κ3) is 2.60. The molecule has 0 bridgehead atoms. The van der Waals surface area contributed by atoms with Gasteiger partial charge in [-0.25, -0.2) is 0 Å². The molecule has 0 radical (unpaired) electrons. The molecule has 4 heteroatoms. The normalized spacial score (nSPS) is 17.6. The monoisotopic (exact) mass is 271 g/mol. The van der Waals surface area contributed by atoms with Gasteiger partial charge in [-0.1, -0.05) is 24.3 Å². The molecule has 104 valence electrons. The lowest BCUT2D eigenvalue weighted by Gasteiger charge is -2.28. The van der Waals surface area contributed by atoms with Gasteiger partial charge in [-0.2, -0.15) is 0 Å². The number of benzene rings is 1. The number of hydrogen-bond donors (Lipinski definition) is 0. The van der Waals surface area contributed by atoms with Gasteiger partial charge in [-0.05, 0) is 17.2 Å². The van der Waals surface area contributed by atoms with Crippen LogP contribution in [0.15, 0.2) is 47.3 Å². The SMILES string of the molecule is CN(C[C@H]1Cc2ccccc2CO1)C(=O)c1ccoc1. The fourth-order valence-electron chi connectivity index (χ4n) is 2.52. The molecule has 1 aromatic carbocycles. The third-order valence-corrected chi connectivity index (χ3v) is 3.63. The summed E-state index contributed by atoms with van der Waals surface area (Å²) in [4.78, 5) is 13.8.